The van der Waals surface area contributed by atoms with Gasteiger partial charge < -0.3 is 10.2 Å². The third-order valence-electron chi connectivity index (χ3n) is 6.62. The molecular weight excluding hydrogens is 310 g/mol. The van der Waals surface area contributed by atoms with Crippen LogP contribution in [0.15, 0.2) is 30.6 Å². The molecule has 5 nitrogen and oxygen atoms in total. The molecule has 0 unspecified atom stereocenters. The summed E-state index contributed by atoms with van der Waals surface area (Å²) in [7, 11) is 0. The van der Waals surface area contributed by atoms with Gasteiger partial charge in [0, 0.05) is 43.2 Å². The van der Waals surface area contributed by atoms with E-state index in [4.69, 9.17) is 0 Å². The highest BCUT2D eigenvalue weighted by Crippen LogP contribution is 2.42. The van der Waals surface area contributed by atoms with E-state index < -0.39 is 0 Å². The van der Waals surface area contributed by atoms with E-state index in [-0.39, 0.29) is 5.66 Å². The molecule has 0 bridgehead atoms. The van der Waals surface area contributed by atoms with Crippen LogP contribution in [0.3, 0.4) is 0 Å². The number of rotatable bonds is 1. The largest absolute Gasteiger partial charge is 0.360 e. The van der Waals surface area contributed by atoms with Gasteiger partial charge in [0.1, 0.15) is 12.0 Å². The second kappa shape index (κ2) is 5.84. The molecule has 1 saturated heterocycles. The molecule has 1 spiro atoms. The van der Waals surface area contributed by atoms with Crippen LogP contribution < -0.4 is 5.32 Å². The highest BCUT2D eigenvalue weighted by Gasteiger charge is 2.43. The molecule has 0 radical (unpaired) electrons. The summed E-state index contributed by atoms with van der Waals surface area (Å²) < 4.78 is 2.15. The van der Waals surface area contributed by atoms with E-state index in [1.165, 1.54) is 31.4 Å². The van der Waals surface area contributed by atoms with Gasteiger partial charge in [0.25, 0.3) is 0 Å². The molecule has 2 aromatic rings. The van der Waals surface area contributed by atoms with Crippen molar-refractivity contribution in [3.63, 3.8) is 0 Å². The van der Waals surface area contributed by atoms with Gasteiger partial charge in [-0.1, -0.05) is 19.1 Å². The fourth-order valence-electron chi connectivity index (χ4n) is 5.03. The summed E-state index contributed by atoms with van der Waals surface area (Å²) in [6.07, 6.45) is 9.41. The number of para-hydroxylation sites is 1. The van der Waals surface area contributed by atoms with Gasteiger partial charge in [-0.3, -0.25) is 0 Å². The number of aromatic nitrogens is 3. The highest BCUT2D eigenvalue weighted by atomic mass is 15.5. The van der Waals surface area contributed by atoms with Crippen molar-refractivity contribution in [2.45, 2.75) is 57.2 Å². The van der Waals surface area contributed by atoms with Crippen LogP contribution in [0.2, 0.25) is 0 Å². The molecule has 5 heteroatoms. The summed E-state index contributed by atoms with van der Waals surface area (Å²) in [5.41, 5.74) is 2.25. The van der Waals surface area contributed by atoms with Crippen LogP contribution in [0, 0.1) is 5.92 Å². The van der Waals surface area contributed by atoms with Gasteiger partial charge in [0.15, 0.2) is 5.82 Å². The minimum absolute atomic E-state index is 0.112. The van der Waals surface area contributed by atoms with Crippen molar-refractivity contribution in [1.82, 2.24) is 19.7 Å². The molecule has 1 N–H and O–H groups in total. The Labute approximate surface area is 149 Å². The first-order valence-corrected chi connectivity index (χ1v) is 9.77. The zero-order chi connectivity index (χ0) is 16.9. The van der Waals surface area contributed by atoms with Crippen molar-refractivity contribution in [1.29, 1.82) is 0 Å². The molecule has 0 atom stereocenters. The average molecular weight is 337 g/mol. The lowest BCUT2D eigenvalue weighted by Crippen LogP contribution is -2.55. The first-order valence-electron chi connectivity index (χ1n) is 9.77. The predicted octanol–water partition coefficient (Wildman–Crippen LogP) is 3.70. The summed E-state index contributed by atoms with van der Waals surface area (Å²) in [6, 6.07) is 9.27. The number of benzene rings is 1. The van der Waals surface area contributed by atoms with E-state index in [2.05, 4.69) is 56.2 Å². The van der Waals surface area contributed by atoms with Gasteiger partial charge in [-0.05, 0) is 43.7 Å². The Hall–Kier alpha value is -1.88. The van der Waals surface area contributed by atoms with Crippen molar-refractivity contribution < 1.29 is 0 Å². The van der Waals surface area contributed by atoms with E-state index in [1.807, 2.05) is 0 Å². The highest BCUT2D eigenvalue weighted by molar-refractivity contribution is 5.76. The van der Waals surface area contributed by atoms with Crippen molar-refractivity contribution >= 4 is 5.69 Å². The minimum atomic E-state index is -0.112. The van der Waals surface area contributed by atoms with Crippen molar-refractivity contribution in [3.05, 3.63) is 30.6 Å². The van der Waals surface area contributed by atoms with E-state index in [9.17, 15) is 0 Å². The quantitative estimate of drug-likeness (QED) is 0.862. The number of nitrogens with zero attached hydrogens (tertiary/aromatic N) is 4. The fourth-order valence-corrected chi connectivity index (χ4v) is 5.03. The second-order valence-corrected chi connectivity index (χ2v) is 8.15. The first-order chi connectivity index (χ1) is 12.3. The number of hydrogen-bond donors (Lipinski definition) is 1. The van der Waals surface area contributed by atoms with Crippen LogP contribution in [0.1, 0.15) is 45.4 Å². The molecule has 5 rings (SSSR count). The molecule has 2 aliphatic heterocycles. The summed E-state index contributed by atoms with van der Waals surface area (Å²) >= 11 is 0. The lowest BCUT2D eigenvalue weighted by Gasteiger charge is -2.48. The average Bonchev–Trinajstić information content (AvgIpc) is 3.15. The Kier molecular flexibility index (Phi) is 3.59. The standard InChI is InChI=1S/C20H27N5/c1-15-6-8-16(9-7-15)24-12-10-20(11-13-24)23-18-5-3-2-4-17(18)19-21-14-22-25(19)20/h2-5,14-16,23H,6-13H2,1H3. The molecular formula is C20H27N5. The van der Waals surface area contributed by atoms with Gasteiger partial charge in [-0.25, -0.2) is 9.67 Å². The Morgan fingerprint density at radius 1 is 1.08 bits per heavy atom. The van der Waals surface area contributed by atoms with Gasteiger partial charge in [0.2, 0.25) is 0 Å². The third kappa shape index (κ3) is 2.48. The molecule has 0 amide bonds. The zero-order valence-electron chi connectivity index (χ0n) is 15.0. The maximum Gasteiger partial charge on any atom is 0.162 e. The van der Waals surface area contributed by atoms with Crippen LogP contribution in [-0.2, 0) is 5.66 Å². The molecule has 1 saturated carbocycles. The van der Waals surface area contributed by atoms with Crippen LogP contribution in [-0.4, -0.2) is 38.8 Å². The lowest BCUT2D eigenvalue weighted by atomic mass is 9.84. The van der Waals surface area contributed by atoms with Crippen LogP contribution in [0.5, 0.6) is 0 Å². The molecule has 3 heterocycles. The Morgan fingerprint density at radius 3 is 2.64 bits per heavy atom. The van der Waals surface area contributed by atoms with E-state index >= 15 is 0 Å². The number of nitrogens with one attached hydrogen (secondary N) is 1. The second-order valence-electron chi connectivity index (χ2n) is 8.15. The minimum Gasteiger partial charge on any atom is -0.360 e. The number of anilines is 1. The maximum atomic E-state index is 4.60. The van der Waals surface area contributed by atoms with E-state index in [1.54, 1.807) is 6.33 Å². The smallest absolute Gasteiger partial charge is 0.162 e. The molecule has 132 valence electrons. The Balaban J connectivity index is 1.38. The van der Waals surface area contributed by atoms with Crippen LogP contribution in [0.4, 0.5) is 5.69 Å². The van der Waals surface area contributed by atoms with Gasteiger partial charge in [0.05, 0.1) is 0 Å². The van der Waals surface area contributed by atoms with Crippen LogP contribution >= 0.6 is 0 Å². The van der Waals surface area contributed by atoms with Gasteiger partial charge in [-0.15, -0.1) is 0 Å². The maximum absolute atomic E-state index is 4.60. The number of hydrogen-bond acceptors (Lipinski definition) is 4. The SMILES string of the molecule is CC1CCC(N2CCC3(CC2)Nc2ccccc2-c2ncnn23)CC1. The summed E-state index contributed by atoms with van der Waals surface area (Å²) in [5, 5.41) is 8.42. The zero-order valence-corrected chi connectivity index (χ0v) is 15.0. The van der Waals surface area contributed by atoms with Crippen molar-refractivity contribution in [3.8, 4) is 11.4 Å². The number of likely N-dealkylation sites (tertiary alicyclic amines) is 1. The van der Waals surface area contributed by atoms with E-state index in [0.717, 1.165) is 49.3 Å². The molecule has 1 aromatic heterocycles. The molecule has 1 aromatic carbocycles. The molecule has 2 fully saturated rings. The fraction of sp³-hybridized carbons (Fsp3) is 0.600. The summed E-state index contributed by atoms with van der Waals surface area (Å²) in [5.74, 6) is 1.93. The Morgan fingerprint density at radius 2 is 1.84 bits per heavy atom. The molecule has 25 heavy (non-hydrogen) atoms. The summed E-state index contributed by atoms with van der Waals surface area (Å²) in [4.78, 5) is 7.30. The predicted molar refractivity (Wildman–Crippen MR) is 99.3 cm³/mol. The number of piperidine rings is 1. The van der Waals surface area contributed by atoms with Crippen molar-refractivity contribution in [2.75, 3.05) is 18.4 Å². The van der Waals surface area contributed by atoms with Gasteiger partial charge in [-0.2, -0.15) is 5.10 Å². The lowest BCUT2D eigenvalue weighted by molar-refractivity contribution is 0.0641. The summed E-state index contributed by atoms with van der Waals surface area (Å²) in [6.45, 7) is 4.69. The van der Waals surface area contributed by atoms with Gasteiger partial charge >= 0.3 is 0 Å². The van der Waals surface area contributed by atoms with E-state index in [0.29, 0.717) is 0 Å². The normalized spacial score (nSPS) is 28.2. The first kappa shape index (κ1) is 15.4. The Bertz CT molecular complexity index is 751. The molecule has 1 aliphatic carbocycles. The topological polar surface area (TPSA) is 46.0 Å². The monoisotopic (exact) mass is 337 g/mol. The number of fused-ring (bicyclic) bond motifs is 4. The molecule has 3 aliphatic rings. The third-order valence-corrected chi connectivity index (χ3v) is 6.62. The van der Waals surface area contributed by atoms with Crippen molar-refractivity contribution in [2.24, 2.45) is 5.92 Å². The van der Waals surface area contributed by atoms with Crippen LogP contribution in [0.25, 0.3) is 11.4 Å².